The van der Waals surface area contributed by atoms with Gasteiger partial charge >= 0.3 is 6.18 Å². The highest BCUT2D eigenvalue weighted by Crippen LogP contribution is 2.47. The van der Waals surface area contributed by atoms with Crippen molar-refractivity contribution in [3.63, 3.8) is 0 Å². The topological polar surface area (TPSA) is 0 Å². The SMILES string of the molecule is FC(F)(F)C1=CC=C(Cl)CC1(Cl)Cl. The first-order valence-corrected chi connectivity index (χ1v) is 4.39. The summed E-state index contributed by atoms with van der Waals surface area (Å²) in [5.41, 5.74) is -0.979. The summed E-state index contributed by atoms with van der Waals surface area (Å²) < 4.78 is 34.8. The molecule has 74 valence electrons. The summed E-state index contributed by atoms with van der Waals surface area (Å²) in [4.78, 5) is 0. The Balaban J connectivity index is 3.08. The van der Waals surface area contributed by atoms with Gasteiger partial charge in [0.15, 0.2) is 4.33 Å². The van der Waals surface area contributed by atoms with Gasteiger partial charge < -0.3 is 0 Å². The summed E-state index contributed by atoms with van der Waals surface area (Å²) >= 11 is 16.4. The largest absolute Gasteiger partial charge is 0.415 e. The van der Waals surface area contributed by atoms with Crippen molar-refractivity contribution in [3.8, 4) is 0 Å². The Kier molecular flexibility index (Phi) is 2.91. The Morgan fingerprint density at radius 1 is 1.23 bits per heavy atom. The maximum Gasteiger partial charge on any atom is 0.415 e. The molecule has 0 N–H and O–H groups in total. The monoisotopic (exact) mass is 250 g/mol. The Bertz CT molecular complexity index is 275. The van der Waals surface area contributed by atoms with Crippen LogP contribution in [0.25, 0.3) is 0 Å². The molecule has 0 aromatic carbocycles. The summed E-state index contributed by atoms with van der Waals surface area (Å²) in [6.45, 7) is 0. The molecule has 0 bridgehead atoms. The molecule has 0 radical (unpaired) electrons. The van der Waals surface area contributed by atoms with Crippen LogP contribution in [0.2, 0.25) is 0 Å². The van der Waals surface area contributed by atoms with Crippen molar-refractivity contribution in [2.45, 2.75) is 16.9 Å². The lowest BCUT2D eigenvalue weighted by Gasteiger charge is -2.27. The van der Waals surface area contributed by atoms with E-state index in [-0.39, 0.29) is 11.5 Å². The van der Waals surface area contributed by atoms with Crippen molar-refractivity contribution >= 4 is 34.8 Å². The molecule has 0 saturated carbocycles. The van der Waals surface area contributed by atoms with E-state index in [0.717, 1.165) is 12.2 Å². The van der Waals surface area contributed by atoms with Gasteiger partial charge in [0.05, 0.1) is 5.57 Å². The Morgan fingerprint density at radius 2 is 1.77 bits per heavy atom. The van der Waals surface area contributed by atoms with Gasteiger partial charge in [0, 0.05) is 11.5 Å². The molecular weight excluding hydrogens is 247 g/mol. The third-order valence-electron chi connectivity index (χ3n) is 1.52. The van der Waals surface area contributed by atoms with E-state index in [1.807, 2.05) is 0 Å². The highest BCUT2D eigenvalue weighted by atomic mass is 35.5. The molecule has 6 heteroatoms. The van der Waals surface area contributed by atoms with Gasteiger partial charge in [-0.3, -0.25) is 0 Å². The molecule has 1 aliphatic rings. The van der Waals surface area contributed by atoms with Gasteiger partial charge in [-0.25, -0.2) is 0 Å². The number of hydrogen-bond donors (Lipinski definition) is 0. The highest BCUT2D eigenvalue weighted by Gasteiger charge is 2.47. The van der Waals surface area contributed by atoms with Gasteiger partial charge in [-0.05, 0) is 12.2 Å². The molecule has 0 heterocycles. The van der Waals surface area contributed by atoms with Crippen molar-refractivity contribution < 1.29 is 13.2 Å². The maximum atomic E-state index is 12.3. The van der Waals surface area contributed by atoms with Gasteiger partial charge in [-0.1, -0.05) is 34.8 Å². The van der Waals surface area contributed by atoms with Crippen LogP contribution in [-0.4, -0.2) is 10.5 Å². The van der Waals surface area contributed by atoms with Crippen LogP contribution in [-0.2, 0) is 0 Å². The first kappa shape index (κ1) is 11.2. The zero-order valence-electron chi connectivity index (χ0n) is 6.13. The molecule has 0 spiro atoms. The molecular formula is C7H4Cl3F3. The van der Waals surface area contributed by atoms with Gasteiger partial charge in [0.1, 0.15) is 0 Å². The van der Waals surface area contributed by atoms with Crippen molar-refractivity contribution in [1.29, 1.82) is 0 Å². The van der Waals surface area contributed by atoms with E-state index in [1.165, 1.54) is 0 Å². The minimum Gasteiger partial charge on any atom is -0.166 e. The molecule has 0 amide bonds. The molecule has 13 heavy (non-hydrogen) atoms. The van der Waals surface area contributed by atoms with Crippen molar-refractivity contribution in [3.05, 3.63) is 22.8 Å². The number of hydrogen-bond acceptors (Lipinski definition) is 0. The molecule has 0 unspecified atom stereocenters. The predicted molar refractivity (Wildman–Crippen MR) is 47.1 cm³/mol. The van der Waals surface area contributed by atoms with Crippen LogP contribution in [0.15, 0.2) is 22.8 Å². The Hall–Kier alpha value is 0.140. The van der Waals surface area contributed by atoms with Gasteiger partial charge in [0.2, 0.25) is 0 Å². The van der Waals surface area contributed by atoms with Crippen LogP contribution < -0.4 is 0 Å². The second-order valence-corrected chi connectivity index (χ2v) is 4.54. The van der Waals surface area contributed by atoms with Crippen LogP contribution in [0.1, 0.15) is 6.42 Å². The van der Waals surface area contributed by atoms with Crippen LogP contribution in [0.4, 0.5) is 13.2 Å². The fourth-order valence-electron chi connectivity index (χ4n) is 0.964. The fraction of sp³-hybridized carbons (Fsp3) is 0.429. The molecule has 1 aliphatic carbocycles. The van der Waals surface area contributed by atoms with Gasteiger partial charge in [-0.2, -0.15) is 13.2 Å². The van der Waals surface area contributed by atoms with Crippen molar-refractivity contribution in [2.24, 2.45) is 0 Å². The second-order valence-electron chi connectivity index (χ2n) is 2.57. The molecule has 0 aromatic rings. The second kappa shape index (κ2) is 3.37. The van der Waals surface area contributed by atoms with E-state index in [9.17, 15) is 13.2 Å². The Morgan fingerprint density at radius 3 is 2.15 bits per heavy atom. The average molecular weight is 251 g/mol. The molecule has 0 atom stereocenters. The van der Waals surface area contributed by atoms with Crippen molar-refractivity contribution in [1.82, 2.24) is 0 Å². The number of allylic oxidation sites excluding steroid dienone is 4. The number of rotatable bonds is 0. The predicted octanol–water partition coefficient (Wildman–Crippen LogP) is 4.18. The van der Waals surface area contributed by atoms with E-state index in [1.54, 1.807) is 0 Å². The van der Waals surface area contributed by atoms with Crippen LogP contribution in [0.3, 0.4) is 0 Å². The normalized spacial score (nSPS) is 22.3. The van der Waals surface area contributed by atoms with E-state index in [4.69, 9.17) is 34.8 Å². The quantitative estimate of drug-likeness (QED) is 0.567. The third-order valence-corrected chi connectivity index (χ3v) is 2.46. The molecule has 0 nitrogen and oxygen atoms in total. The lowest BCUT2D eigenvalue weighted by molar-refractivity contribution is -0.0948. The Labute approximate surface area is 88.0 Å². The summed E-state index contributed by atoms with van der Waals surface area (Å²) in [5.74, 6) is 0. The number of alkyl halides is 5. The number of halogens is 6. The molecule has 0 aliphatic heterocycles. The summed E-state index contributed by atoms with van der Waals surface area (Å²) in [5, 5.41) is 0.206. The molecule has 0 saturated heterocycles. The summed E-state index contributed by atoms with van der Waals surface area (Å²) in [6, 6.07) is 0. The maximum absolute atomic E-state index is 12.3. The fourth-order valence-corrected chi connectivity index (χ4v) is 1.99. The lowest BCUT2D eigenvalue weighted by atomic mass is 10.0. The van der Waals surface area contributed by atoms with Crippen LogP contribution in [0.5, 0.6) is 0 Å². The van der Waals surface area contributed by atoms with Crippen LogP contribution >= 0.6 is 34.8 Å². The van der Waals surface area contributed by atoms with E-state index < -0.39 is 16.1 Å². The summed E-state index contributed by atoms with van der Waals surface area (Å²) in [7, 11) is 0. The molecule has 0 fully saturated rings. The first-order chi connectivity index (χ1) is 5.73. The zero-order valence-corrected chi connectivity index (χ0v) is 8.40. The van der Waals surface area contributed by atoms with E-state index in [2.05, 4.69) is 0 Å². The smallest absolute Gasteiger partial charge is 0.166 e. The first-order valence-electron chi connectivity index (χ1n) is 3.25. The average Bonchev–Trinajstić information content (AvgIpc) is 1.79. The highest BCUT2D eigenvalue weighted by molar-refractivity contribution is 6.51. The van der Waals surface area contributed by atoms with Gasteiger partial charge in [-0.15, -0.1) is 0 Å². The molecule has 0 aromatic heterocycles. The molecule has 1 rings (SSSR count). The van der Waals surface area contributed by atoms with Crippen LogP contribution in [0, 0.1) is 0 Å². The third kappa shape index (κ3) is 2.55. The summed E-state index contributed by atoms with van der Waals surface area (Å²) in [6.07, 6.45) is -2.79. The standard InChI is InChI=1S/C7H4Cl3F3/c8-4-1-2-5(7(11,12)13)6(9,10)3-4/h1-2H,3H2. The minimum absolute atomic E-state index is 0.206. The van der Waals surface area contributed by atoms with E-state index in [0.29, 0.717) is 0 Å². The van der Waals surface area contributed by atoms with E-state index >= 15 is 0 Å². The zero-order chi connectivity index (χ0) is 10.3. The van der Waals surface area contributed by atoms with Crippen molar-refractivity contribution in [2.75, 3.05) is 0 Å². The minimum atomic E-state index is -4.52. The lowest BCUT2D eigenvalue weighted by Crippen LogP contribution is -2.29. The van der Waals surface area contributed by atoms with Gasteiger partial charge in [0.25, 0.3) is 0 Å².